The van der Waals surface area contributed by atoms with Crippen LogP contribution in [0.2, 0.25) is 0 Å². The molecule has 1 saturated carbocycles. The number of carbonyl (C=O) groups is 1. The molecule has 5 nitrogen and oxygen atoms in total. The van der Waals surface area contributed by atoms with Crippen molar-refractivity contribution >= 4 is 17.5 Å². The fraction of sp³-hybridized carbons (Fsp3) is 0.278. The zero-order chi connectivity index (χ0) is 16.4. The third-order valence-corrected chi connectivity index (χ3v) is 5.07. The molecule has 4 rings (SSSR count). The minimum absolute atomic E-state index is 0.0761. The lowest BCUT2D eigenvalue weighted by Crippen LogP contribution is -2.08. The van der Waals surface area contributed by atoms with Crippen molar-refractivity contribution in [2.45, 2.75) is 30.5 Å². The van der Waals surface area contributed by atoms with Gasteiger partial charge in [0, 0.05) is 12.1 Å². The molecule has 2 heterocycles. The molecule has 122 valence electrons. The van der Waals surface area contributed by atoms with Crippen LogP contribution in [0.3, 0.4) is 0 Å². The van der Waals surface area contributed by atoms with Gasteiger partial charge in [-0.15, -0.1) is 10.2 Å². The molecule has 3 aromatic rings. The first-order valence-corrected chi connectivity index (χ1v) is 9.06. The Kier molecular flexibility index (Phi) is 4.21. The van der Waals surface area contributed by atoms with Gasteiger partial charge < -0.3 is 9.55 Å². The summed E-state index contributed by atoms with van der Waals surface area (Å²) in [5, 5.41) is 9.55. The third-order valence-electron chi connectivity index (χ3n) is 4.10. The lowest BCUT2D eigenvalue weighted by molar-refractivity contribution is 0.101. The molecule has 2 aromatic heterocycles. The molecule has 6 heteroatoms. The minimum Gasteiger partial charge on any atom is -0.359 e. The summed E-state index contributed by atoms with van der Waals surface area (Å²) >= 11 is 1.46. The minimum atomic E-state index is 0.0761. The number of Topliss-reactive ketones (excluding diaryl/α,β-unsaturated/α-hetero) is 1. The second-order valence-electron chi connectivity index (χ2n) is 5.98. The summed E-state index contributed by atoms with van der Waals surface area (Å²) in [6, 6.07) is 13.9. The number of nitrogens with one attached hydrogen (secondary N) is 1. The molecule has 0 amide bonds. The van der Waals surface area contributed by atoms with Crippen molar-refractivity contribution < 1.29 is 4.79 Å². The summed E-state index contributed by atoms with van der Waals surface area (Å²) in [5.74, 6) is 2.01. The number of aromatic nitrogens is 4. The standard InChI is InChI=1S/C18H18N4OS/c23-16(15-7-4-10-19-15)12-24-18-21-20-17(14-8-9-14)22(18)11-13-5-2-1-3-6-13/h1-7,10,14,19H,8-9,11-12H2. The van der Waals surface area contributed by atoms with Gasteiger partial charge in [0.25, 0.3) is 0 Å². The molecule has 1 aliphatic rings. The number of aromatic amines is 1. The van der Waals surface area contributed by atoms with Crippen molar-refractivity contribution in [3.63, 3.8) is 0 Å². The number of hydrogen-bond acceptors (Lipinski definition) is 4. The molecule has 0 atom stereocenters. The Bertz CT molecular complexity index is 822. The van der Waals surface area contributed by atoms with Gasteiger partial charge in [0.05, 0.1) is 18.0 Å². The summed E-state index contributed by atoms with van der Waals surface area (Å²) in [6.45, 7) is 0.749. The first-order valence-electron chi connectivity index (χ1n) is 8.07. The molecule has 1 N–H and O–H groups in total. The lowest BCUT2D eigenvalue weighted by atomic mass is 10.2. The maximum absolute atomic E-state index is 12.2. The third kappa shape index (κ3) is 3.28. The Morgan fingerprint density at radius 1 is 1.17 bits per heavy atom. The Labute approximate surface area is 144 Å². The summed E-state index contributed by atoms with van der Waals surface area (Å²) in [4.78, 5) is 15.1. The molecule has 24 heavy (non-hydrogen) atoms. The summed E-state index contributed by atoms with van der Waals surface area (Å²) in [6.07, 6.45) is 4.12. The molecule has 1 aliphatic carbocycles. The van der Waals surface area contributed by atoms with Crippen molar-refractivity contribution in [3.8, 4) is 0 Å². The van der Waals surface area contributed by atoms with E-state index in [-0.39, 0.29) is 5.78 Å². The molecule has 0 bridgehead atoms. The highest BCUT2D eigenvalue weighted by Crippen LogP contribution is 2.40. The van der Waals surface area contributed by atoms with Gasteiger partial charge in [-0.3, -0.25) is 4.79 Å². The van der Waals surface area contributed by atoms with Crippen LogP contribution in [-0.2, 0) is 6.54 Å². The first-order chi connectivity index (χ1) is 11.8. The first kappa shape index (κ1) is 15.2. The lowest BCUT2D eigenvalue weighted by Gasteiger charge is -2.09. The van der Waals surface area contributed by atoms with Crippen LogP contribution in [0, 0.1) is 0 Å². The highest BCUT2D eigenvalue weighted by molar-refractivity contribution is 7.99. The number of H-pyrrole nitrogens is 1. The number of benzene rings is 1. The van der Waals surface area contributed by atoms with Crippen LogP contribution in [0.15, 0.2) is 53.8 Å². The molecule has 0 aliphatic heterocycles. The van der Waals surface area contributed by atoms with Gasteiger partial charge in [0.2, 0.25) is 0 Å². The highest BCUT2D eigenvalue weighted by Gasteiger charge is 2.30. The molecule has 1 aromatic carbocycles. The van der Waals surface area contributed by atoms with E-state index in [0.29, 0.717) is 17.4 Å². The van der Waals surface area contributed by atoms with Gasteiger partial charge in [-0.1, -0.05) is 42.1 Å². The monoisotopic (exact) mass is 338 g/mol. The number of rotatable bonds is 7. The Hall–Kier alpha value is -2.34. The normalized spacial score (nSPS) is 14.0. The maximum atomic E-state index is 12.2. The van der Waals surface area contributed by atoms with Gasteiger partial charge in [-0.2, -0.15) is 0 Å². The Morgan fingerprint density at radius 2 is 2.00 bits per heavy atom. The molecule has 1 fully saturated rings. The number of nitrogens with zero attached hydrogens (tertiary/aromatic N) is 3. The van der Waals surface area contributed by atoms with Gasteiger partial charge in [0.1, 0.15) is 5.82 Å². The smallest absolute Gasteiger partial charge is 0.191 e. The summed E-state index contributed by atoms with van der Waals surface area (Å²) < 4.78 is 2.17. The van der Waals surface area contributed by atoms with Crippen LogP contribution in [0.25, 0.3) is 0 Å². The molecule has 0 radical (unpaired) electrons. The predicted molar refractivity (Wildman–Crippen MR) is 93.4 cm³/mol. The fourth-order valence-corrected chi connectivity index (χ4v) is 3.50. The highest BCUT2D eigenvalue weighted by atomic mass is 32.2. The van der Waals surface area contributed by atoms with Gasteiger partial charge in [-0.05, 0) is 30.5 Å². The molecule has 0 saturated heterocycles. The van der Waals surface area contributed by atoms with E-state index in [1.54, 1.807) is 12.3 Å². The van der Waals surface area contributed by atoms with E-state index < -0.39 is 0 Å². The van der Waals surface area contributed by atoms with Crippen LogP contribution >= 0.6 is 11.8 Å². The van der Waals surface area contributed by atoms with Crippen molar-refractivity contribution in [1.82, 2.24) is 19.7 Å². The molecule has 0 unspecified atom stereocenters. The topological polar surface area (TPSA) is 63.6 Å². The molecular weight excluding hydrogens is 320 g/mol. The SMILES string of the molecule is O=C(CSc1nnc(C2CC2)n1Cc1ccccc1)c1ccc[nH]1. The number of ketones is 1. The van der Waals surface area contributed by atoms with Crippen molar-refractivity contribution in [1.29, 1.82) is 0 Å². The zero-order valence-electron chi connectivity index (χ0n) is 13.2. The molecule has 0 spiro atoms. The second kappa shape index (κ2) is 6.65. The van der Waals surface area contributed by atoms with E-state index in [2.05, 4.69) is 31.9 Å². The van der Waals surface area contributed by atoms with E-state index in [1.165, 1.54) is 30.2 Å². The average Bonchev–Trinajstić information content (AvgIpc) is 3.15. The molecular formula is C18H18N4OS. The summed E-state index contributed by atoms with van der Waals surface area (Å²) in [7, 11) is 0. The van der Waals surface area contributed by atoms with E-state index in [0.717, 1.165) is 17.5 Å². The predicted octanol–water partition coefficient (Wildman–Crippen LogP) is 3.51. The summed E-state index contributed by atoms with van der Waals surface area (Å²) in [5.41, 5.74) is 1.86. The van der Waals surface area contributed by atoms with Gasteiger partial charge in [0.15, 0.2) is 10.9 Å². The maximum Gasteiger partial charge on any atom is 0.191 e. The quantitative estimate of drug-likeness (QED) is 0.529. The van der Waals surface area contributed by atoms with Crippen LogP contribution in [-0.4, -0.2) is 31.3 Å². The average molecular weight is 338 g/mol. The van der Waals surface area contributed by atoms with E-state index >= 15 is 0 Å². The van der Waals surface area contributed by atoms with Gasteiger partial charge >= 0.3 is 0 Å². The van der Waals surface area contributed by atoms with Crippen molar-refractivity contribution in [2.24, 2.45) is 0 Å². The number of hydrogen-bond donors (Lipinski definition) is 1. The van der Waals surface area contributed by atoms with Crippen LogP contribution < -0.4 is 0 Å². The Balaban J connectivity index is 1.53. The van der Waals surface area contributed by atoms with Crippen LogP contribution in [0.4, 0.5) is 0 Å². The fourth-order valence-electron chi connectivity index (χ4n) is 2.68. The van der Waals surface area contributed by atoms with E-state index in [1.807, 2.05) is 24.3 Å². The van der Waals surface area contributed by atoms with Crippen LogP contribution in [0.5, 0.6) is 0 Å². The van der Waals surface area contributed by atoms with E-state index in [4.69, 9.17) is 0 Å². The van der Waals surface area contributed by atoms with Crippen LogP contribution in [0.1, 0.15) is 40.6 Å². The van der Waals surface area contributed by atoms with Gasteiger partial charge in [-0.25, -0.2) is 0 Å². The largest absolute Gasteiger partial charge is 0.359 e. The van der Waals surface area contributed by atoms with E-state index in [9.17, 15) is 4.79 Å². The van der Waals surface area contributed by atoms with Crippen molar-refractivity contribution in [2.75, 3.05) is 5.75 Å². The zero-order valence-corrected chi connectivity index (χ0v) is 14.0. The number of thioether (sulfide) groups is 1. The number of carbonyl (C=O) groups excluding carboxylic acids is 1. The Morgan fingerprint density at radius 3 is 2.71 bits per heavy atom. The van der Waals surface area contributed by atoms with Crippen molar-refractivity contribution in [3.05, 3.63) is 65.7 Å². The second-order valence-corrected chi connectivity index (χ2v) is 6.92.